The van der Waals surface area contributed by atoms with Gasteiger partial charge in [-0.3, -0.25) is 0 Å². The molecule has 0 aliphatic rings. The number of rotatable bonds is 5. The Morgan fingerprint density at radius 1 is 0.760 bits per heavy atom. The zero-order valence-corrected chi connectivity index (χ0v) is 15.2. The summed E-state index contributed by atoms with van der Waals surface area (Å²) in [5.41, 5.74) is 8.62. The first-order chi connectivity index (χ1) is 12.1. The van der Waals surface area contributed by atoms with Crippen molar-refractivity contribution in [1.29, 1.82) is 0 Å². The summed E-state index contributed by atoms with van der Waals surface area (Å²) in [4.78, 5) is 0. The minimum atomic E-state index is 1.08. The van der Waals surface area contributed by atoms with E-state index in [2.05, 4.69) is 105 Å². The summed E-state index contributed by atoms with van der Waals surface area (Å²) in [6.45, 7) is 6.43. The molecule has 0 spiro atoms. The molecule has 1 nitrogen and oxygen atoms in total. The minimum Gasteiger partial charge on any atom is -0.355 e. The first kappa shape index (κ1) is 17.0. The van der Waals surface area contributed by atoms with E-state index < -0.39 is 0 Å². The zero-order valence-electron chi connectivity index (χ0n) is 15.2. The Morgan fingerprint density at radius 2 is 1.36 bits per heavy atom. The molecule has 25 heavy (non-hydrogen) atoms. The summed E-state index contributed by atoms with van der Waals surface area (Å²) in [5.74, 6) is 0. The van der Waals surface area contributed by atoms with E-state index in [1.54, 1.807) is 0 Å². The third-order valence-corrected chi connectivity index (χ3v) is 4.43. The highest BCUT2D eigenvalue weighted by Gasteiger charge is 1.99. The fourth-order valence-corrected chi connectivity index (χ4v) is 2.84. The molecular weight excluding hydrogens is 302 g/mol. The van der Waals surface area contributed by atoms with Gasteiger partial charge in [0.15, 0.2) is 0 Å². The molecule has 3 rings (SSSR count). The Kier molecular flexibility index (Phi) is 5.35. The fourth-order valence-electron chi connectivity index (χ4n) is 2.84. The SMILES string of the molecule is CCc1ccc(/C=C/c2ccc(Nc3ccc(C)cc3C)cc2)cc1. The number of nitrogens with one attached hydrogen (secondary N) is 1. The second kappa shape index (κ2) is 7.85. The average molecular weight is 327 g/mol. The van der Waals surface area contributed by atoms with Crippen LogP contribution in [0.3, 0.4) is 0 Å². The largest absolute Gasteiger partial charge is 0.355 e. The van der Waals surface area contributed by atoms with Crippen LogP contribution in [0.4, 0.5) is 11.4 Å². The van der Waals surface area contributed by atoms with Gasteiger partial charge in [0, 0.05) is 11.4 Å². The van der Waals surface area contributed by atoms with Crippen molar-refractivity contribution in [2.24, 2.45) is 0 Å². The molecule has 0 saturated carbocycles. The number of aryl methyl sites for hydroxylation is 3. The molecule has 3 aromatic rings. The lowest BCUT2D eigenvalue weighted by Crippen LogP contribution is -1.93. The van der Waals surface area contributed by atoms with Crippen LogP contribution in [0, 0.1) is 13.8 Å². The lowest BCUT2D eigenvalue weighted by molar-refractivity contribution is 1.14. The van der Waals surface area contributed by atoms with Crippen molar-refractivity contribution in [3.8, 4) is 0 Å². The van der Waals surface area contributed by atoms with E-state index in [1.165, 1.54) is 27.8 Å². The lowest BCUT2D eigenvalue weighted by atomic mass is 10.1. The maximum Gasteiger partial charge on any atom is 0.0414 e. The van der Waals surface area contributed by atoms with Gasteiger partial charge in [-0.05, 0) is 60.7 Å². The second-order valence-corrected chi connectivity index (χ2v) is 6.49. The van der Waals surface area contributed by atoms with Crippen LogP contribution in [0.2, 0.25) is 0 Å². The van der Waals surface area contributed by atoms with Crippen molar-refractivity contribution < 1.29 is 0 Å². The summed E-state index contributed by atoms with van der Waals surface area (Å²) < 4.78 is 0. The van der Waals surface area contributed by atoms with E-state index in [0.717, 1.165) is 17.8 Å². The van der Waals surface area contributed by atoms with Crippen molar-refractivity contribution in [3.63, 3.8) is 0 Å². The predicted octanol–water partition coefficient (Wildman–Crippen LogP) is 6.78. The van der Waals surface area contributed by atoms with Crippen LogP contribution in [0.15, 0.2) is 66.7 Å². The standard InChI is InChI=1S/C24H25N/c1-4-20-6-8-21(9-7-20)10-11-22-12-14-23(15-13-22)25-24-16-5-18(2)17-19(24)3/h5-17,25H,4H2,1-3H3/b11-10+. The Hall–Kier alpha value is -2.80. The predicted molar refractivity (Wildman–Crippen MR) is 110 cm³/mol. The Balaban J connectivity index is 1.68. The van der Waals surface area contributed by atoms with Gasteiger partial charge in [0.2, 0.25) is 0 Å². The van der Waals surface area contributed by atoms with Crippen molar-refractivity contribution >= 4 is 23.5 Å². The molecule has 1 heteroatoms. The third kappa shape index (κ3) is 4.60. The molecule has 3 aromatic carbocycles. The molecule has 0 aliphatic carbocycles. The third-order valence-electron chi connectivity index (χ3n) is 4.43. The summed E-state index contributed by atoms with van der Waals surface area (Å²) in [7, 11) is 0. The second-order valence-electron chi connectivity index (χ2n) is 6.49. The van der Waals surface area contributed by atoms with Crippen LogP contribution in [-0.2, 0) is 6.42 Å². The van der Waals surface area contributed by atoms with Crippen molar-refractivity contribution in [2.75, 3.05) is 5.32 Å². The van der Waals surface area contributed by atoms with Crippen LogP contribution in [0.1, 0.15) is 34.7 Å². The molecule has 0 atom stereocenters. The van der Waals surface area contributed by atoms with Crippen LogP contribution in [0.5, 0.6) is 0 Å². The highest BCUT2D eigenvalue weighted by Crippen LogP contribution is 2.22. The van der Waals surface area contributed by atoms with Crippen LogP contribution < -0.4 is 5.32 Å². The molecule has 0 aromatic heterocycles. The van der Waals surface area contributed by atoms with Crippen molar-refractivity contribution in [1.82, 2.24) is 0 Å². The molecule has 0 saturated heterocycles. The minimum absolute atomic E-state index is 1.08. The van der Waals surface area contributed by atoms with Crippen molar-refractivity contribution in [2.45, 2.75) is 27.2 Å². The summed E-state index contributed by atoms with van der Waals surface area (Å²) in [6, 6.07) is 23.7. The maximum atomic E-state index is 3.49. The van der Waals surface area contributed by atoms with E-state index in [9.17, 15) is 0 Å². The van der Waals surface area contributed by atoms with Gasteiger partial charge in [0.05, 0.1) is 0 Å². The van der Waals surface area contributed by atoms with Gasteiger partial charge in [-0.1, -0.05) is 73.2 Å². The molecule has 0 aliphatic heterocycles. The molecule has 126 valence electrons. The maximum absolute atomic E-state index is 3.49. The van der Waals surface area contributed by atoms with Crippen molar-refractivity contribution in [3.05, 3.63) is 94.5 Å². The van der Waals surface area contributed by atoms with E-state index in [4.69, 9.17) is 0 Å². The van der Waals surface area contributed by atoms with E-state index in [0.29, 0.717) is 0 Å². The first-order valence-corrected chi connectivity index (χ1v) is 8.85. The average Bonchev–Trinajstić information content (AvgIpc) is 2.64. The Morgan fingerprint density at radius 3 is 1.92 bits per heavy atom. The van der Waals surface area contributed by atoms with E-state index in [1.807, 2.05) is 0 Å². The van der Waals surface area contributed by atoms with Gasteiger partial charge in [-0.2, -0.15) is 0 Å². The molecule has 0 bridgehead atoms. The monoisotopic (exact) mass is 327 g/mol. The van der Waals surface area contributed by atoms with Gasteiger partial charge < -0.3 is 5.32 Å². The lowest BCUT2D eigenvalue weighted by Gasteiger charge is -2.10. The van der Waals surface area contributed by atoms with Gasteiger partial charge >= 0.3 is 0 Å². The quantitative estimate of drug-likeness (QED) is 0.509. The first-order valence-electron chi connectivity index (χ1n) is 8.85. The van der Waals surface area contributed by atoms with E-state index in [-0.39, 0.29) is 0 Å². The van der Waals surface area contributed by atoms with Crippen LogP contribution >= 0.6 is 0 Å². The highest BCUT2D eigenvalue weighted by atomic mass is 14.9. The molecule has 0 amide bonds. The van der Waals surface area contributed by atoms with Gasteiger partial charge in [-0.15, -0.1) is 0 Å². The number of anilines is 2. The normalized spacial score (nSPS) is 11.0. The number of hydrogen-bond donors (Lipinski definition) is 1. The van der Waals surface area contributed by atoms with Gasteiger partial charge in [0.25, 0.3) is 0 Å². The molecule has 0 heterocycles. The highest BCUT2D eigenvalue weighted by molar-refractivity contribution is 5.71. The summed E-state index contributed by atoms with van der Waals surface area (Å²) in [6.07, 6.45) is 5.40. The summed E-state index contributed by atoms with van der Waals surface area (Å²) in [5, 5.41) is 3.49. The van der Waals surface area contributed by atoms with E-state index >= 15 is 0 Å². The van der Waals surface area contributed by atoms with Crippen LogP contribution in [-0.4, -0.2) is 0 Å². The zero-order chi connectivity index (χ0) is 17.6. The number of hydrogen-bond acceptors (Lipinski definition) is 1. The number of benzene rings is 3. The van der Waals surface area contributed by atoms with Gasteiger partial charge in [0.1, 0.15) is 0 Å². The Bertz CT molecular complexity index is 856. The Labute approximate surface area is 151 Å². The van der Waals surface area contributed by atoms with Gasteiger partial charge in [-0.25, -0.2) is 0 Å². The molecule has 0 radical (unpaired) electrons. The summed E-state index contributed by atoms with van der Waals surface area (Å²) >= 11 is 0. The topological polar surface area (TPSA) is 12.0 Å². The fraction of sp³-hybridized carbons (Fsp3) is 0.167. The molecule has 0 unspecified atom stereocenters. The molecule has 0 fully saturated rings. The smallest absolute Gasteiger partial charge is 0.0414 e. The van der Waals surface area contributed by atoms with Crippen LogP contribution in [0.25, 0.3) is 12.2 Å². The molecular formula is C24H25N. The molecule has 1 N–H and O–H groups in total.